The minimum Gasteiger partial charge on any atom is -0.366 e. The summed E-state index contributed by atoms with van der Waals surface area (Å²) in [7, 11) is -3.68. The molecule has 0 radical (unpaired) electrons. The van der Waals surface area contributed by atoms with Crippen LogP contribution >= 0.6 is 0 Å². The highest BCUT2D eigenvalue weighted by Crippen LogP contribution is 2.02. The van der Waals surface area contributed by atoms with E-state index in [1.165, 1.54) is 18.5 Å². The minimum absolute atomic E-state index is 0.237. The molecule has 1 aromatic heterocycles. The van der Waals surface area contributed by atoms with Crippen LogP contribution in [0.3, 0.4) is 0 Å². The molecule has 0 amide bonds. The Labute approximate surface area is 94.9 Å². The molecule has 1 aromatic rings. The Morgan fingerprint density at radius 2 is 2.12 bits per heavy atom. The molecule has 0 fully saturated rings. The number of pyridine rings is 1. The van der Waals surface area contributed by atoms with E-state index in [0.29, 0.717) is 12.5 Å². The van der Waals surface area contributed by atoms with E-state index in [1.807, 2.05) is 13.8 Å². The second kappa shape index (κ2) is 5.27. The van der Waals surface area contributed by atoms with Crippen LogP contribution in [0.15, 0.2) is 28.2 Å². The number of sulfonamides is 1. The molecule has 0 aliphatic heterocycles. The molecule has 6 heteroatoms. The van der Waals surface area contributed by atoms with Gasteiger partial charge in [0.15, 0.2) is 0 Å². The summed E-state index contributed by atoms with van der Waals surface area (Å²) in [5, 5.41) is 0. The van der Waals surface area contributed by atoms with E-state index in [1.54, 1.807) is 0 Å². The summed E-state index contributed by atoms with van der Waals surface area (Å²) in [6.07, 6.45) is 3.33. The van der Waals surface area contributed by atoms with Crippen molar-refractivity contribution in [1.29, 1.82) is 0 Å². The van der Waals surface area contributed by atoms with Crippen LogP contribution < -0.4 is 10.2 Å². The van der Waals surface area contributed by atoms with Gasteiger partial charge in [0, 0.05) is 25.0 Å². The molecule has 0 saturated carbocycles. The second-order valence-electron chi connectivity index (χ2n) is 3.95. The summed E-state index contributed by atoms with van der Waals surface area (Å²) in [6.45, 7) is 4.35. The van der Waals surface area contributed by atoms with Crippen molar-refractivity contribution in [2.24, 2.45) is 5.92 Å². The van der Waals surface area contributed by atoms with E-state index in [0.717, 1.165) is 6.42 Å². The lowest BCUT2D eigenvalue weighted by Crippen LogP contribution is -2.29. The van der Waals surface area contributed by atoms with Gasteiger partial charge in [-0.15, -0.1) is 0 Å². The first-order valence-corrected chi connectivity index (χ1v) is 6.58. The van der Waals surface area contributed by atoms with Crippen molar-refractivity contribution < 1.29 is 8.42 Å². The summed E-state index contributed by atoms with van der Waals surface area (Å²) < 4.78 is 25.8. The van der Waals surface area contributed by atoms with Gasteiger partial charge < -0.3 is 4.98 Å². The fourth-order valence-electron chi connectivity index (χ4n) is 1.17. The van der Waals surface area contributed by atoms with Gasteiger partial charge in [-0.1, -0.05) is 13.8 Å². The number of nitrogens with one attached hydrogen (secondary N) is 2. The van der Waals surface area contributed by atoms with Crippen LogP contribution in [0.2, 0.25) is 0 Å². The summed E-state index contributed by atoms with van der Waals surface area (Å²) in [4.78, 5) is 13.7. The van der Waals surface area contributed by atoms with E-state index < -0.39 is 15.5 Å². The van der Waals surface area contributed by atoms with Crippen molar-refractivity contribution in [2.45, 2.75) is 25.2 Å². The largest absolute Gasteiger partial charge is 0.366 e. The summed E-state index contributed by atoms with van der Waals surface area (Å²) >= 11 is 0. The van der Waals surface area contributed by atoms with Crippen LogP contribution in [0.25, 0.3) is 0 Å². The third kappa shape index (κ3) is 3.46. The molecule has 5 nitrogen and oxygen atoms in total. The number of hydrogen-bond donors (Lipinski definition) is 2. The van der Waals surface area contributed by atoms with E-state index in [2.05, 4.69) is 9.71 Å². The zero-order valence-electron chi connectivity index (χ0n) is 9.36. The average molecular weight is 244 g/mol. The molecule has 0 unspecified atom stereocenters. The van der Waals surface area contributed by atoms with Crippen molar-refractivity contribution >= 4 is 10.0 Å². The smallest absolute Gasteiger partial charge is 0.245 e. The van der Waals surface area contributed by atoms with Crippen molar-refractivity contribution in [3.63, 3.8) is 0 Å². The maximum Gasteiger partial charge on any atom is 0.245 e. The average Bonchev–Trinajstić information content (AvgIpc) is 2.17. The van der Waals surface area contributed by atoms with E-state index in [4.69, 9.17) is 0 Å². The number of aromatic amines is 1. The van der Waals surface area contributed by atoms with Gasteiger partial charge in [0.25, 0.3) is 0 Å². The van der Waals surface area contributed by atoms with Gasteiger partial charge in [-0.05, 0) is 12.3 Å². The Kier molecular flexibility index (Phi) is 4.26. The molecule has 90 valence electrons. The van der Waals surface area contributed by atoms with Gasteiger partial charge in [0.1, 0.15) is 4.90 Å². The Balaban J connectivity index is 2.80. The molecule has 1 heterocycles. The Bertz CT molecular complexity index is 491. The van der Waals surface area contributed by atoms with Gasteiger partial charge in [-0.2, -0.15) is 0 Å². The van der Waals surface area contributed by atoms with Gasteiger partial charge in [0.2, 0.25) is 15.5 Å². The van der Waals surface area contributed by atoms with E-state index in [-0.39, 0.29) is 4.90 Å². The normalized spacial score (nSPS) is 11.9. The predicted octanol–water partition coefficient (Wildman–Crippen LogP) is 0.699. The highest BCUT2D eigenvalue weighted by molar-refractivity contribution is 7.89. The third-order valence-corrected chi connectivity index (χ3v) is 3.57. The van der Waals surface area contributed by atoms with Gasteiger partial charge in [-0.3, -0.25) is 4.79 Å². The quantitative estimate of drug-likeness (QED) is 0.800. The molecular weight excluding hydrogens is 228 g/mol. The minimum atomic E-state index is -3.68. The maximum absolute atomic E-state index is 11.7. The third-order valence-electron chi connectivity index (χ3n) is 2.09. The predicted molar refractivity (Wildman–Crippen MR) is 61.7 cm³/mol. The molecule has 0 spiro atoms. The fourth-order valence-corrected chi connectivity index (χ4v) is 2.27. The van der Waals surface area contributed by atoms with Crippen molar-refractivity contribution in [1.82, 2.24) is 9.71 Å². The Hall–Kier alpha value is -1.14. The lowest BCUT2D eigenvalue weighted by atomic mass is 10.1. The standard InChI is InChI=1S/C10H16N2O3S/c1-8(2)3-6-12-16(14,15)10-7-11-5-4-9(10)13/h4-5,7-8,12H,3,6H2,1-2H3,(H,11,13). The molecular formula is C10H16N2O3S. The molecule has 0 aromatic carbocycles. The first-order chi connectivity index (χ1) is 7.43. The molecule has 16 heavy (non-hydrogen) atoms. The molecule has 0 atom stereocenters. The monoisotopic (exact) mass is 244 g/mol. The number of aromatic nitrogens is 1. The Morgan fingerprint density at radius 3 is 2.69 bits per heavy atom. The summed E-state index contributed by atoms with van der Waals surface area (Å²) in [5.41, 5.74) is -0.504. The molecule has 1 rings (SSSR count). The molecule has 2 N–H and O–H groups in total. The van der Waals surface area contributed by atoms with Gasteiger partial charge in [0.05, 0.1) is 0 Å². The Morgan fingerprint density at radius 1 is 1.44 bits per heavy atom. The maximum atomic E-state index is 11.7. The van der Waals surface area contributed by atoms with Crippen LogP contribution in [0, 0.1) is 5.92 Å². The fraction of sp³-hybridized carbons (Fsp3) is 0.500. The first kappa shape index (κ1) is 12.9. The van der Waals surface area contributed by atoms with Crippen molar-refractivity contribution in [3.05, 3.63) is 28.7 Å². The molecule has 0 saturated heterocycles. The van der Waals surface area contributed by atoms with Crippen LogP contribution in [0.5, 0.6) is 0 Å². The second-order valence-corrected chi connectivity index (χ2v) is 5.69. The van der Waals surface area contributed by atoms with Crippen molar-refractivity contribution in [2.75, 3.05) is 6.54 Å². The first-order valence-electron chi connectivity index (χ1n) is 5.10. The lowest BCUT2D eigenvalue weighted by molar-refractivity contribution is 0.551. The van der Waals surface area contributed by atoms with Crippen LogP contribution in [0.4, 0.5) is 0 Å². The van der Waals surface area contributed by atoms with Crippen LogP contribution in [0.1, 0.15) is 20.3 Å². The number of hydrogen-bond acceptors (Lipinski definition) is 3. The van der Waals surface area contributed by atoms with Crippen LogP contribution in [-0.4, -0.2) is 19.9 Å². The number of rotatable bonds is 5. The lowest BCUT2D eigenvalue weighted by Gasteiger charge is -2.07. The van der Waals surface area contributed by atoms with E-state index in [9.17, 15) is 13.2 Å². The van der Waals surface area contributed by atoms with E-state index >= 15 is 0 Å². The SMILES string of the molecule is CC(C)CCNS(=O)(=O)c1c[nH]ccc1=O. The zero-order valence-corrected chi connectivity index (χ0v) is 10.2. The summed E-state index contributed by atoms with van der Waals surface area (Å²) in [6, 6.07) is 1.19. The van der Waals surface area contributed by atoms with Crippen molar-refractivity contribution in [3.8, 4) is 0 Å². The van der Waals surface area contributed by atoms with Gasteiger partial charge >= 0.3 is 0 Å². The van der Waals surface area contributed by atoms with Gasteiger partial charge in [-0.25, -0.2) is 13.1 Å². The highest BCUT2D eigenvalue weighted by Gasteiger charge is 2.16. The van der Waals surface area contributed by atoms with Crippen LogP contribution in [-0.2, 0) is 10.0 Å². The molecule has 0 aliphatic rings. The topological polar surface area (TPSA) is 79.0 Å². The molecule has 0 aliphatic carbocycles. The highest BCUT2D eigenvalue weighted by atomic mass is 32.2. The molecule has 0 bridgehead atoms. The zero-order chi connectivity index (χ0) is 12.2. The number of H-pyrrole nitrogens is 1. The summed E-state index contributed by atoms with van der Waals surface area (Å²) in [5.74, 6) is 0.414.